The first-order valence-electron chi connectivity index (χ1n) is 7.59. The van der Waals surface area contributed by atoms with Gasteiger partial charge in [0.15, 0.2) is 0 Å². The second-order valence-electron chi connectivity index (χ2n) is 6.37. The molecule has 1 N–H and O–H groups in total. The lowest BCUT2D eigenvalue weighted by molar-refractivity contribution is 0.506. The molecule has 2 fully saturated rings. The van der Waals surface area contributed by atoms with E-state index in [1.807, 2.05) is 0 Å². The van der Waals surface area contributed by atoms with Crippen LogP contribution >= 0.6 is 15.9 Å². The number of aryl methyl sites for hydroxylation is 2. The fourth-order valence-electron chi connectivity index (χ4n) is 3.12. The van der Waals surface area contributed by atoms with E-state index in [4.69, 9.17) is 4.42 Å². The summed E-state index contributed by atoms with van der Waals surface area (Å²) in [6.45, 7) is 5.23. The summed E-state index contributed by atoms with van der Waals surface area (Å²) in [6.07, 6.45) is 5.28. The average Bonchev–Trinajstić information content (AvgIpc) is 3.32. The third-order valence-corrected chi connectivity index (χ3v) is 5.78. The summed E-state index contributed by atoms with van der Waals surface area (Å²) < 4.78 is 7.44. The van der Waals surface area contributed by atoms with Crippen molar-refractivity contribution in [2.75, 3.05) is 0 Å². The molecule has 2 aliphatic rings. The van der Waals surface area contributed by atoms with Crippen LogP contribution in [0, 0.1) is 13.8 Å². The molecule has 4 rings (SSSR count). The predicted molar refractivity (Wildman–Crippen MR) is 85.2 cm³/mol. The second-order valence-corrected chi connectivity index (χ2v) is 7.17. The number of nitrogens with one attached hydrogen (secondary N) is 1. The molecular formula is C17H20BrNO. The largest absolute Gasteiger partial charge is 0.459 e. The molecule has 0 radical (unpaired) electrons. The fourth-order valence-corrected chi connectivity index (χ4v) is 3.44. The van der Waals surface area contributed by atoms with E-state index in [1.165, 1.54) is 58.0 Å². The van der Waals surface area contributed by atoms with Gasteiger partial charge in [0.25, 0.3) is 0 Å². The van der Waals surface area contributed by atoms with Crippen molar-refractivity contribution in [1.82, 2.24) is 5.32 Å². The van der Waals surface area contributed by atoms with Crippen molar-refractivity contribution >= 4 is 26.9 Å². The maximum Gasteiger partial charge on any atom is 0.135 e. The summed E-state index contributed by atoms with van der Waals surface area (Å²) in [5, 5.41) is 4.96. The highest BCUT2D eigenvalue weighted by atomic mass is 79.9. The molecule has 0 amide bonds. The van der Waals surface area contributed by atoms with Gasteiger partial charge in [-0.3, -0.25) is 0 Å². The van der Waals surface area contributed by atoms with Crippen LogP contribution in [0.2, 0.25) is 0 Å². The van der Waals surface area contributed by atoms with E-state index in [9.17, 15) is 0 Å². The maximum atomic E-state index is 6.21. The van der Waals surface area contributed by atoms with Crippen LogP contribution in [0.3, 0.4) is 0 Å². The molecule has 20 heavy (non-hydrogen) atoms. The first kappa shape index (κ1) is 12.9. The summed E-state index contributed by atoms with van der Waals surface area (Å²) in [7, 11) is 0. The topological polar surface area (TPSA) is 25.2 Å². The molecule has 0 spiro atoms. The summed E-state index contributed by atoms with van der Waals surface area (Å²) in [4.78, 5) is 0. The Morgan fingerprint density at radius 3 is 2.65 bits per heavy atom. The van der Waals surface area contributed by atoms with Crippen LogP contribution in [0.25, 0.3) is 11.0 Å². The van der Waals surface area contributed by atoms with Crippen LogP contribution in [0.1, 0.15) is 54.1 Å². The smallest absolute Gasteiger partial charge is 0.135 e. The standard InChI is InChI=1S/C17H20BrNO/c1-9-7-13-15(10(2)17(9)18)16(11-3-4-11)14(20-13)8-19-12-5-6-12/h7,11-12,19H,3-6,8H2,1-2H3. The lowest BCUT2D eigenvalue weighted by atomic mass is 10.00. The van der Waals surface area contributed by atoms with Gasteiger partial charge in [0, 0.05) is 21.5 Å². The molecule has 2 saturated carbocycles. The van der Waals surface area contributed by atoms with Crippen LogP contribution in [0.15, 0.2) is 15.0 Å². The molecule has 0 unspecified atom stereocenters. The lowest BCUT2D eigenvalue weighted by Crippen LogP contribution is -2.15. The molecular weight excluding hydrogens is 314 g/mol. The molecule has 2 aliphatic carbocycles. The van der Waals surface area contributed by atoms with Gasteiger partial charge in [0.1, 0.15) is 11.3 Å². The van der Waals surface area contributed by atoms with Crippen molar-refractivity contribution in [1.29, 1.82) is 0 Å². The van der Waals surface area contributed by atoms with Crippen LogP contribution in [0.4, 0.5) is 0 Å². The highest BCUT2D eigenvalue weighted by Crippen LogP contribution is 2.48. The number of fused-ring (bicyclic) bond motifs is 1. The van der Waals surface area contributed by atoms with Gasteiger partial charge in [-0.25, -0.2) is 0 Å². The molecule has 0 aliphatic heterocycles. The molecule has 1 aromatic heterocycles. The molecule has 0 saturated heterocycles. The van der Waals surface area contributed by atoms with E-state index in [2.05, 4.69) is 41.2 Å². The molecule has 1 aromatic carbocycles. The van der Waals surface area contributed by atoms with Gasteiger partial charge in [-0.15, -0.1) is 0 Å². The molecule has 2 aromatic rings. The molecule has 106 valence electrons. The van der Waals surface area contributed by atoms with Crippen molar-refractivity contribution in [2.45, 2.75) is 58.0 Å². The highest BCUT2D eigenvalue weighted by Gasteiger charge is 2.32. The van der Waals surface area contributed by atoms with Crippen molar-refractivity contribution in [3.63, 3.8) is 0 Å². The zero-order valence-corrected chi connectivity index (χ0v) is 13.6. The van der Waals surface area contributed by atoms with Crippen molar-refractivity contribution in [2.24, 2.45) is 0 Å². The van der Waals surface area contributed by atoms with E-state index < -0.39 is 0 Å². The van der Waals surface area contributed by atoms with Gasteiger partial charge in [-0.1, -0.05) is 15.9 Å². The van der Waals surface area contributed by atoms with Crippen LogP contribution < -0.4 is 5.32 Å². The van der Waals surface area contributed by atoms with Crippen molar-refractivity contribution < 1.29 is 4.42 Å². The van der Waals surface area contributed by atoms with E-state index in [1.54, 1.807) is 0 Å². The third kappa shape index (κ3) is 2.11. The number of hydrogen-bond donors (Lipinski definition) is 1. The Labute approximate surface area is 128 Å². The first-order chi connectivity index (χ1) is 9.65. The average molecular weight is 334 g/mol. The van der Waals surface area contributed by atoms with Gasteiger partial charge in [0.05, 0.1) is 6.54 Å². The fraction of sp³-hybridized carbons (Fsp3) is 0.529. The number of halogens is 1. The first-order valence-corrected chi connectivity index (χ1v) is 8.39. The Balaban J connectivity index is 1.85. The SMILES string of the molecule is Cc1cc2oc(CNC3CC3)c(C3CC3)c2c(C)c1Br. The summed E-state index contributed by atoms with van der Waals surface area (Å²) in [5.41, 5.74) is 5.14. The minimum Gasteiger partial charge on any atom is -0.459 e. The highest BCUT2D eigenvalue weighted by molar-refractivity contribution is 9.10. The van der Waals surface area contributed by atoms with E-state index in [-0.39, 0.29) is 0 Å². The molecule has 0 bridgehead atoms. The number of benzene rings is 1. The van der Waals surface area contributed by atoms with Crippen LogP contribution in [-0.4, -0.2) is 6.04 Å². The van der Waals surface area contributed by atoms with Gasteiger partial charge in [-0.2, -0.15) is 0 Å². The zero-order chi connectivity index (χ0) is 13.9. The predicted octanol–water partition coefficient (Wildman–Crippen LogP) is 4.94. The van der Waals surface area contributed by atoms with Gasteiger partial charge >= 0.3 is 0 Å². The van der Waals surface area contributed by atoms with E-state index >= 15 is 0 Å². The summed E-state index contributed by atoms with van der Waals surface area (Å²) in [5.74, 6) is 1.90. The van der Waals surface area contributed by atoms with Gasteiger partial charge in [-0.05, 0) is 62.6 Å². The van der Waals surface area contributed by atoms with Crippen LogP contribution in [0.5, 0.6) is 0 Å². The molecule has 1 heterocycles. The van der Waals surface area contributed by atoms with Gasteiger partial charge < -0.3 is 9.73 Å². The normalized spacial score (nSPS) is 18.9. The number of hydrogen-bond acceptors (Lipinski definition) is 2. The number of furan rings is 1. The Morgan fingerprint density at radius 2 is 2.00 bits per heavy atom. The second kappa shape index (κ2) is 4.60. The monoisotopic (exact) mass is 333 g/mol. The summed E-state index contributed by atoms with van der Waals surface area (Å²) >= 11 is 3.73. The Hall–Kier alpha value is -0.800. The Kier molecular flexibility index (Phi) is 2.97. The number of rotatable bonds is 4. The van der Waals surface area contributed by atoms with Gasteiger partial charge in [0.2, 0.25) is 0 Å². The minimum atomic E-state index is 0.723. The van der Waals surface area contributed by atoms with Crippen molar-refractivity contribution in [3.8, 4) is 0 Å². The van der Waals surface area contributed by atoms with E-state index in [0.29, 0.717) is 0 Å². The lowest BCUT2D eigenvalue weighted by Gasteiger charge is -2.06. The Morgan fingerprint density at radius 1 is 1.25 bits per heavy atom. The third-order valence-electron chi connectivity index (χ3n) is 4.56. The quantitative estimate of drug-likeness (QED) is 0.857. The minimum absolute atomic E-state index is 0.723. The zero-order valence-electron chi connectivity index (χ0n) is 12.1. The van der Waals surface area contributed by atoms with Crippen LogP contribution in [-0.2, 0) is 6.54 Å². The summed E-state index contributed by atoms with van der Waals surface area (Å²) in [6, 6.07) is 2.91. The van der Waals surface area contributed by atoms with E-state index in [0.717, 1.165) is 24.1 Å². The molecule has 2 nitrogen and oxygen atoms in total. The molecule has 3 heteroatoms. The Bertz CT molecular complexity index is 680. The molecule has 0 atom stereocenters. The van der Waals surface area contributed by atoms with Crippen molar-refractivity contribution in [3.05, 3.63) is 33.0 Å². The maximum absolute atomic E-state index is 6.21.